The first-order valence-electron chi connectivity index (χ1n) is 44.7. The second-order valence-electron chi connectivity index (χ2n) is 35.2. The summed E-state index contributed by atoms with van der Waals surface area (Å²) in [5, 5.41) is 38.5. The maximum atomic E-state index is 12.0. The van der Waals surface area contributed by atoms with Gasteiger partial charge in [-0.25, -0.2) is 0 Å². The number of ether oxygens (including phenoxy) is 2. The summed E-state index contributed by atoms with van der Waals surface area (Å²) >= 11 is 0. The van der Waals surface area contributed by atoms with Crippen molar-refractivity contribution in [3.05, 3.63) is 82.0 Å². The van der Waals surface area contributed by atoms with Gasteiger partial charge in [0.1, 0.15) is 11.2 Å². The van der Waals surface area contributed by atoms with Crippen molar-refractivity contribution in [1.82, 2.24) is 20.0 Å². The van der Waals surface area contributed by atoms with E-state index in [0.29, 0.717) is 88.0 Å². The van der Waals surface area contributed by atoms with Crippen LogP contribution in [0.25, 0.3) is 52.2 Å². The van der Waals surface area contributed by atoms with E-state index >= 15 is 0 Å². The Morgan fingerprint density at radius 3 is 1.09 bits per heavy atom. The van der Waals surface area contributed by atoms with Crippen molar-refractivity contribution < 1.29 is 46.7 Å². The predicted molar refractivity (Wildman–Crippen MR) is 465 cm³/mol. The number of hydrogen-bond donors (Lipinski definition) is 4. The summed E-state index contributed by atoms with van der Waals surface area (Å²) < 4.78 is 39.7. The third kappa shape index (κ3) is 59.5. The first-order valence-corrected chi connectivity index (χ1v) is 46.1. The van der Waals surface area contributed by atoms with Gasteiger partial charge >= 0.3 is 17.9 Å². The molecule has 0 saturated heterocycles. The molecule has 31 heteroatoms. The Kier molecular flexibility index (Phi) is 61.7. The molecule has 0 unspecified atom stereocenters. The minimum Gasteiger partial charge on any atom is -0.480 e. The van der Waals surface area contributed by atoms with Crippen LogP contribution in [0.4, 0.5) is 0 Å². The highest BCUT2D eigenvalue weighted by Gasteiger charge is 2.27. The van der Waals surface area contributed by atoms with Crippen molar-refractivity contribution in [2.75, 3.05) is 124 Å². The van der Waals surface area contributed by atoms with Crippen LogP contribution in [0.15, 0.2) is 54.7 Å². The largest absolute Gasteiger partial charge is 0.480 e. The molecule has 116 heavy (non-hydrogen) atoms. The minimum atomic E-state index is -3.56. The molecule has 0 atom stereocenters. The number of carboxylic acid groups (broad SMARTS) is 1. The highest BCUT2D eigenvalue weighted by Crippen LogP contribution is 2.31. The molecule has 1 aromatic carbocycles. The summed E-state index contributed by atoms with van der Waals surface area (Å²) in [7, 11) is -3.56. The van der Waals surface area contributed by atoms with E-state index in [-0.39, 0.29) is 23.4 Å². The number of aliphatic hydroxyl groups excluding tert-OH is 1. The molecule has 0 heterocycles. The quantitative estimate of drug-likeness (QED) is 0.0118. The van der Waals surface area contributed by atoms with Gasteiger partial charge in [0.15, 0.2) is 0 Å². The number of azide groups is 5. The van der Waals surface area contributed by atoms with E-state index in [1.54, 1.807) is 24.3 Å². The van der Waals surface area contributed by atoms with E-state index in [0.717, 1.165) is 141 Å². The molecule has 8 saturated carbocycles. The number of benzene rings is 1. The lowest BCUT2D eigenvalue weighted by molar-refractivity contribution is -0.157. The lowest BCUT2D eigenvalue weighted by Crippen LogP contribution is -2.38. The van der Waals surface area contributed by atoms with Gasteiger partial charge in [-0.15, -0.1) is 0 Å². The smallest absolute Gasteiger partial charge is 0.320 e. The molecule has 30 nitrogen and oxygen atoms in total. The molecule has 662 valence electrons. The Hall–Kier alpha value is -6.15. The van der Waals surface area contributed by atoms with Crippen LogP contribution >= 0.6 is 0 Å². The molecule has 0 radical (unpaired) electrons. The van der Waals surface area contributed by atoms with Gasteiger partial charge in [-0.1, -0.05) is 159 Å². The Morgan fingerprint density at radius 1 is 0.457 bits per heavy atom. The zero-order chi connectivity index (χ0) is 85.2. The van der Waals surface area contributed by atoms with Gasteiger partial charge in [0.05, 0.1) is 31.1 Å². The summed E-state index contributed by atoms with van der Waals surface area (Å²) in [4.78, 5) is 55.3. The van der Waals surface area contributed by atoms with Crippen LogP contribution in [-0.2, 0) is 38.2 Å². The highest BCUT2D eigenvalue weighted by molar-refractivity contribution is 7.86. The van der Waals surface area contributed by atoms with E-state index < -0.39 is 27.3 Å². The molecule has 1 aromatic rings. The average Bonchev–Trinajstić information content (AvgIpc) is 1.22. The third-order valence-electron chi connectivity index (χ3n) is 22.5. The Balaban J connectivity index is 0.000000462. The lowest BCUT2D eigenvalue weighted by Gasteiger charge is -2.27. The van der Waals surface area contributed by atoms with Crippen molar-refractivity contribution >= 4 is 28.0 Å². The SMILES string of the molecule is CC(C)(C)OC(=O)CN(CCCCN=[N+]=[N-])CC1CCCC1.CC(C)(C)OC(=O)CN(CCCCN=[N+]=[N-])CC1CCCC1.Cc1ccc(S(=O)(=O)OCC2CCCC2)cc1.NCC1CCCC1.OCC1CCCC1.[N-]=[N+]=NCC1CCCC1.[N-]=[N+]=NCCCCN(CC(=O)O)CC1CCCC1.[N-]=[N+]=NCCCCNCC1CCCC1. The summed E-state index contributed by atoms with van der Waals surface area (Å²) in [5.74, 6) is 4.58. The highest BCUT2D eigenvalue weighted by atomic mass is 32.2. The Labute approximate surface area is 697 Å². The summed E-state index contributed by atoms with van der Waals surface area (Å²) in [5.41, 5.74) is 46.4. The van der Waals surface area contributed by atoms with Crippen LogP contribution in [0.1, 0.15) is 304 Å². The van der Waals surface area contributed by atoms with E-state index in [9.17, 15) is 22.8 Å². The number of aryl methyl sites for hydroxylation is 1. The van der Waals surface area contributed by atoms with Crippen LogP contribution in [-0.4, -0.2) is 187 Å². The van der Waals surface area contributed by atoms with Crippen LogP contribution in [0.5, 0.6) is 0 Å². The lowest BCUT2D eigenvalue weighted by atomic mass is 10.1. The van der Waals surface area contributed by atoms with Gasteiger partial charge in [0, 0.05) is 83.5 Å². The molecule has 8 aliphatic rings. The molecule has 8 aliphatic carbocycles. The normalized spacial score (nSPS) is 17.4. The molecule has 0 aromatic heterocycles. The molecule has 9 rings (SSSR count). The molecule has 0 amide bonds. The molecule has 5 N–H and O–H groups in total. The van der Waals surface area contributed by atoms with Crippen LogP contribution in [0.2, 0.25) is 0 Å². The number of nitrogens with one attached hydrogen (secondary N) is 1. The van der Waals surface area contributed by atoms with E-state index in [2.05, 4.69) is 65.2 Å². The Morgan fingerprint density at radius 2 is 0.776 bits per heavy atom. The minimum absolute atomic E-state index is 0.123. The number of aliphatic hydroxyl groups is 1. The number of rotatable bonds is 42. The van der Waals surface area contributed by atoms with Crippen LogP contribution < -0.4 is 11.1 Å². The zero-order valence-electron chi connectivity index (χ0n) is 72.8. The van der Waals surface area contributed by atoms with Gasteiger partial charge < -0.3 is 30.7 Å². The molecule has 0 bridgehead atoms. The molecule has 8 fully saturated rings. The number of carbonyl (C=O) groups is 3. The number of nitrogens with two attached hydrogens (primary N) is 1. The fourth-order valence-corrected chi connectivity index (χ4v) is 17.3. The first kappa shape index (κ1) is 106. The van der Waals surface area contributed by atoms with Gasteiger partial charge in [-0.05, 0) is 316 Å². The van der Waals surface area contributed by atoms with E-state index in [4.69, 9.17) is 57.3 Å². The van der Waals surface area contributed by atoms with Crippen molar-refractivity contribution in [1.29, 1.82) is 0 Å². The fraction of sp³-hybridized carbons (Fsp3) is 0.894. The maximum absolute atomic E-state index is 12.0. The molecule has 0 aliphatic heterocycles. The topological polar surface area (TPSA) is 445 Å². The van der Waals surface area contributed by atoms with Crippen LogP contribution in [0.3, 0.4) is 0 Å². The van der Waals surface area contributed by atoms with Crippen molar-refractivity contribution in [2.24, 2.45) is 78.6 Å². The van der Waals surface area contributed by atoms with E-state index in [1.807, 2.05) is 53.4 Å². The predicted octanol–water partition coefficient (Wildman–Crippen LogP) is 21.0. The summed E-state index contributed by atoms with van der Waals surface area (Å²) in [6, 6.07) is 6.76. The molecular weight excluding hydrogens is 1490 g/mol. The number of aliphatic carboxylic acids is 1. The zero-order valence-corrected chi connectivity index (χ0v) is 73.7. The van der Waals surface area contributed by atoms with Crippen LogP contribution in [0, 0.1) is 54.3 Å². The standard InChI is InChI=1S/2C16H30N4O2.C13H18O3S.C12H22N4O2.C10H20N4.C6H11N3.C6H13N.C6H12O/c2*1-16(2,3)22-15(21)13-20(11-7-6-10-18-19-17)12-14-8-4-5-9-14;1-11-6-8-13(9-7-11)17(14,15)16-10-12-4-2-3-5-12;13-15-14-7-3-4-8-16(10-12(17)18)9-11-5-1-2-6-11;11-14-13-8-4-3-7-12-9-10-5-1-2-6-10;7-9-8-5-6-3-1-2-4-6;2*7-5-6-3-1-2-4-6/h2*14H,4-13H2,1-3H3;6-9,12H,2-5,10H2,1H3;11H,1-10H2,(H,17,18);10,12H,1-9H2;6H,1-5H2;6H,1-5,7H2;6-7H,1-5H2. The number of nitrogens with zero attached hydrogens (tertiary/aromatic N) is 18. The molecule has 0 spiro atoms. The number of carboxylic acids is 1. The summed E-state index contributed by atoms with van der Waals surface area (Å²) in [6.07, 6.45) is 48.9. The van der Waals surface area contributed by atoms with Gasteiger partial charge in [-0.3, -0.25) is 33.3 Å². The first-order chi connectivity index (χ1) is 55.8. The van der Waals surface area contributed by atoms with Gasteiger partial charge in [-0.2, -0.15) is 8.42 Å². The van der Waals surface area contributed by atoms with Crippen molar-refractivity contribution in [3.63, 3.8) is 0 Å². The van der Waals surface area contributed by atoms with Crippen molar-refractivity contribution in [2.45, 2.75) is 321 Å². The fourth-order valence-electron chi connectivity index (χ4n) is 16.3. The Bertz CT molecular complexity index is 2960. The molecular formula is C85H156N20O10S. The second kappa shape index (κ2) is 67.6. The number of unbranched alkanes of at least 4 members (excludes halogenated alkanes) is 4. The monoisotopic (exact) mass is 1650 g/mol. The van der Waals surface area contributed by atoms with Gasteiger partial charge in [0.25, 0.3) is 10.1 Å². The average molecular weight is 1650 g/mol. The van der Waals surface area contributed by atoms with E-state index in [1.165, 1.54) is 199 Å². The number of hydrogen-bond acceptors (Lipinski definition) is 19. The summed E-state index contributed by atoms with van der Waals surface area (Å²) in [6.45, 7) is 26.3. The van der Waals surface area contributed by atoms with Crippen molar-refractivity contribution in [3.8, 4) is 0 Å². The second-order valence-corrected chi connectivity index (χ2v) is 36.8. The maximum Gasteiger partial charge on any atom is 0.320 e. The third-order valence-corrected chi connectivity index (χ3v) is 23.8. The number of carbonyl (C=O) groups excluding carboxylic acids is 2. The number of esters is 2. The van der Waals surface area contributed by atoms with Gasteiger partial charge in [0.2, 0.25) is 0 Å².